The number of thiophene rings is 1. The van der Waals surface area contributed by atoms with E-state index in [1.807, 2.05) is 6.20 Å². The molecule has 1 aliphatic carbocycles. The van der Waals surface area contributed by atoms with Crippen molar-refractivity contribution in [3.8, 4) is 21.3 Å². The fourth-order valence-corrected chi connectivity index (χ4v) is 5.05. The second-order valence-corrected chi connectivity index (χ2v) is 7.64. The molecule has 26 heavy (non-hydrogen) atoms. The number of carbonyl (C=O) groups excluding carboxylic acids is 1. The van der Waals surface area contributed by atoms with Gasteiger partial charge in [-0.25, -0.2) is 9.17 Å². The molecule has 134 valence electrons. The summed E-state index contributed by atoms with van der Waals surface area (Å²) in [4.78, 5) is 14.0. The number of esters is 1. The van der Waals surface area contributed by atoms with Crippen molar-refractivity contribution in [3.05, 3.63) is 51.4 Å². The number of fused-ring (bicyclic) bond motifs is 3. The van der Waals surface area contributed by atoms with E-state index in [2.05, 4.69) is 4.37 Å². The molecule has 0 atom stereocenters. The molecular weight excluding hydrogens is 372 g/mol. The zero-order valence-corrected chi connectivity index (χ0v) is 15.9. The maximum atomic E-state index is 12.4. The zero-order valence-electron chi connectivity index (χ0n) is 14.3. The van der Waals surface area contributed by atoms with Crippen molar-refractivity contribution in [2.45, 2.75) is 26.7 Å². The highest BCUT2D eigenvalue weighted by atomic mass is 32.1. The molecule has 0 amide bonds. The molecular formula is C18H16N2O4S2. The number of pyridine rings is 1. The minimum atomic E-state index is -0.333. The van der Waals surface area contributed by atoms with Crippen molar-refractivity contribution in [2.75, 3.05) is 6.61 Å². The lowest BCUT2D eigenvalue weighted by atomic mass is 9.93. The van der Waals surface area contributed by atoms with Gasteiger partial charge in [-0.3, -0.25) is 0 Å². The third kappa shape index (κ3) is 2.75. The van der Waals surface area contributed by atoms with Crippen molar-refractivity contribution in [1.29, 1.82) is 0 Å². The maximum Gasteiger partial charge on any atom is 0.348 e. The summed E-state index contributed by atoms with van der Waals surface area (Å²) in [6.07, 6.45) is 4.88. The Balaban J connectivity index is 1.85. The van der Waals surface area contributed by atoms with Gasteiger partial charge in [-0.2, -0.15) is 4.73 Å². The third-order valence-corrected chi connectivity index (χ3v) is 6.26. The number of nitrogens with zero attached hydrogens (tertiary/aromatic N) is 2. The van der Waals surface area contributed by atoms with Gasteiger partial charge in [-0.1, -0.05) is 11.3 Å². The van der Waals surface area contributed by atoms with Crippen LogP contribution in [0.5, 0.6) is 10.8 Å². The Kier molecular flexibility index (Phi) is 4.37. The van der Waals surface area contributed by atoms with Gasteiger partial charge in [0.05, 0.1) is 17.0 Å². The van der Waals surface area contributed by atoms with Crippen LogP contribution < -0.4 is 9.47 Å². The van der Waals surface area contributed by atoms with Crippen LogP contribution in [0, 0.1) is 12.1 Å². The Morgan fingerprint density at radius 2 is 2.27 bits per heavy atom. The Hall–Kier alpha value is -2.45. The second kappa shape index (κ2) is 6.69. The highest BCUT2D eigenvalue weighted by molar-refractivity contribution is 7.17. The maximum absolute atomic E-state index is 12.4. The minimum absolute atomic E-state index is 0.321. The van der Waals surface area contributed by atoms with Crippen LogP contribution in [0.3, 0.4) is 0 Å². The predicted molar refractivity (Wildman–Crippen MR) is 99.0 cm³/mol. The van der Waals surface area contributed by atoms with Gasteiger partial charge in [0.15, 0.2) is 17.0 Å². The molecule has 3 heterocycles. The lowest BCUT2D eigenvalue weighted by Crippen LogP contribution is -2.29. The van der Waals surface area contributed by atoms with E-state index < -0.39 is 0 Å². The third-order valence-electron chi connectivity index (χ3n) is 4.31. The highest BCUT2D eigenvalue weighted by Crippen LogP contribution is 2.50. The van der Waals surface area contributed by atoms with Gasteiger partial charge in [0.1, 0.15) is 4.88 Å². The normalized spacial score (nSPS) is 12.4. The highest BCUT2D eigenvalue weighted by Gasteiger charge is 2.31. The average molecular weight is 388 g/mol. The summed E-state index contributed by atoms with van der Waals surface area (Å²) in [5.74, 6) is 0.138. The molecule has 0 spiro atoms. The molecule has 0 N–H and O–H groups in total. The van der Waals surface area contributed by atoms with Crippen LogP contribution in [-0.2, 0) is 17.6 Å². The van der Waals surface area contributed by atoms with E-state index in [0.717, 1.165) is 39.1 Å². The molecule has 0 aromatic carbocycles. The monoisotopic (exact) mass is 388 g/mol. The van der Waals surface area contributed by atoms with Gasteiger partial charge in [0.25, 0.3) is 0 Å². The first-order chi connectivity index (χ1) is 12.6. The standard InChI is InChI=1S/C18H16N2O4S2/c1-3-23-17(21)16-12-7-6-11-9-19-26-15(11)14(12)18(25-16)24-13-5-4-8-20(22)10(13)2/h4-5,8-9H,3,6-7H2,1-2H3. The molecule has 0 fully saturated rings. The number of aromatic nitrogens is 2. The molecule has 6 nitrogen and oxygen atoms in total. The Bertz CT molecular complexity index is 993. The molecule has 0 unspecified atom stereocenters. The smallest absolute Gasteiger partial charge is 0.348 e. The van der Waals surface area contributed by atoms with Gasteiger partial charge < -0.3 is 14.7 Å². The van der Waals surface area contributed by atoms with Crippen LogP contribution in [-0.4, -0.2) is 16.9 Å². The number of hydrogen-bond donors (Lipinski definition) is 0. The summed E-state index contributed by atoms with van der Waals surface area (Å²) in [5.41, 5.74) is 3.48. The van der Waals surface area contributed by atoms with E-state index in [9.17, 15) is 10.0 Å². The fraction of sp³-hybridized carbons (Fsp3) is 0.278. The number of carbonyl (C=O) groups is 1. The fourth-order valence-electron chi connectivity index (χ4n) is 3.00. The number of hydrogen-bond acceptors (Lipinski definition) is 7. The Morgan fingerprint density at radius 3 is 3.08 bits per heavy atom. The molecule has 8 heteroatoms. The van der Waals surface area contributed by atoms with Crippen LogP contribution in [0.2, 0.25) is 0 Å². The largest absolute Gasteiger partial charge is 0.618 e. The molecule has 0 aliphatic heterocycles. The first-order valence-electron chi connectivity index (χ1n) is 8.23. The zero-order chi connectivity index (χ0) is 18.3. The predicted octanol–water partition coefficient (Wildman–Crippen LogP) is 3.88. The topological polar surface area (TPSA) is 75.4 Å². The van der Waals surface area contributed by atoms with E-state index in [4.69, 9.17) is 9.47 Å². The van der Waals surface area contributed by atoms with Crippen molar-refractivity contribution in [3.63, 3.8) is 0 Å². The van der Waals surface area contributed by atoms with E-state index in [-0.39, 0.29) is 5.97 Å². The number of ether oxygens (including phenoxy) is 2. The summed E-state index contributed by atoms with van der Waals surface area (Å²) < 4.78 is 16.4. The van der Waals surface area contributed by atoms with Crippen LogP contribution >= 0.6 is 22.9 Å². The van der Waals surface area contributed by atoms with E-state index in [0.29, 0.717) is 28.0 Å². The summed E-state index contributed by atoms with van der Waals surface area (Å²) in [5, 5.41) is 12.4. The summed E-state index contributed by atoms with van der Waals surface area (Å²) in [6, 6.07) is 3.38. The van der Waals surface area contributed by atoms with Crippen molar-refractivity contribution in [1.82, 2.24) is 4.37 Å². The molecule has 0 bridgehead atoms. The van der Waals surface area contributed by atoms with Crippen molar-refractivity contribution >= 4 is 28.8 Å². The van der Waals surface area contributed by atoms with Gasteiger partial charge in [0, 0.05) is 19.2 Å². The number of rotatable bonds is 4. The molecule has 0 radical (unpaired) electrons. The van der Waals surface area contributed by atoms with Crippen LogP contribution in [0.15, 0.2) is 24.5 Å². The molecule has 4 rings (SSSR count). The van der Waals surface area contributed by atoms with Gasteiger partial charge in [0.2, 0.25) is 5.69 Å². The van der Waals surface area contributed by atoms with E-state index >= 15 is 0 Å². The van der Waals surface area contributed by atoms with Crippen LogP contribution in [0.4, 0.5) is 0 Å². The molecule has 3 aromatic rings. The Labute approximate surface area is 158 Å². The lowest BCUT2D eigenvalue weighted by molar-refractivity contribution is -0.612. The molecule has 0 saturated heterocycles. The van der Waals surface area contributed by atoms with Crippen LogP contribution in [0.25, 0.3) is 10.4 Å². The van der Waals surface area contributed by atoms with Gasteiger partial charge in [-0.15, -0.1) is 0 Å². The molecule has 1 aliphatic rings. The molecule has 0 saturated carbocycles. The summed E-state index contributed by atoms with van der Waals surface area (Å²) >= 11 is 2.67. The Morgan fingerprint density at radius 1 is 1.42 bits per heavy atom. The van der Waals surface area contributed by atoms with Crippen molar-refractivity contribution < 1.29 is 19.0 Å². The first-order valence-corrected chi connectivity index (χ1v) is 9.82. The quantitative estimate of drug-likeness (QED) is 0.385. The molecule has 3 aromatic heterocycles. The van der Waals surface area contributed by atoms with Gasteiger partial charge >= 0.3 is 5.97 Å². The summed E-state index contributed by atoms with van der Waals surface area (Å²) in [6.45, 7) is 3.81. The van der Waals surface area contributed by atoms with Crippen LogP contribution in [0.1, 0.15) is 33.4 Å². The second-order valence-electron chi connectivity index (χ2n) is 5.86. The number of aryl methyl sites for hydroxylation is 1. The average Bonchev–Trinajstić information content (AvgIpc) is 3.23. The SMILES string of the molecule is CCOC(=O)c1sc(Oc2ccc[n+]([O-])c2C)c2c1CCc1cnsc1-2. The summed E-state index contributed by atoms with van der Waals surface area (Å²) in [7, 11) is 0. The van der Waals surface area contributed by atoms with E-state index in [1.165, 1.54) is 29.1 Å². The first kappa shape index (κ1) is 17.0. The minimum Gasteiger partial charge on any atom is -0.618 e. The van der Waals surface area contributed by atoms with Gasteiger partial charge in [-0.05, 0) is 48.5 Å². The van der Waals surface area contributed by atoms with Crippen molar-refractivity contribution in [2.24, 2.45) is 0 Å². The van der Waals surface area contributed by atoms with E-state index in [1.54, 1.807) is 26.0 Å². The lowest BCUT2D eigenvalue weighted by Gasteiger charge is -2.14.